The summed E-state index contributed by atoms with van der Waals surface area (Å²) in [6.07, 6.45) is 4.14. The summed E-state index contributed by atoms with van der Waals surface area (Å²) >= 11 is 0. The number of aryl methyl sites for hydroxylation is 2. The third-order valence-electron chi connectivity index (χ3n) is 8.85. The highest BCUT2D eigenvalue weighted by Gasteiger charge is 2.24. The van der Waals surface area contributed by atoms with Crippen LogP contribution >= 0.6 is 0 Å². The van der Waals surface area contributed by atoms with Crippen molar-refractivity contribution in [2.75, 3.05) is 22.9 Å². The zero-order valence-electron chi connectivity index (χ0n) is 22.1. The third-order valence-corrected chi connectivity index (χ3v) is 8.85. The number of rotatable bonds is 2. The summed E-state index contributed by atoms with van der Waals surface area (Å²) in [5.41, 5.74) is 8.84. The highest BCUT2D eigenvalue weighted by molar-refractivity contribution is 6.27. The SMILES string of the molecule is N#Cc1ccc2c(c1)CCCN2c1ccc2ccc3c(N4CCCc5cc(C#N)ccc54)ccc4ccc1c2c43. The van der Waals surface area contributed by atoms with Crippen LogP contribution in [0.3, 0.4) is 0 Å². The van der Waals surface area contributed by atoms with Gasteiger partial charge in [-0.3, -0.25) is 0 Å². The van der Waals surface area contributed by atoms with Gasteiger partial charge in [0.25, 0.3) is 0 Å². The molecular formula is C36H26N4. The van der Waals surface area contributed by atoms with Gasteiger partial charge in [0.05, 0.1) is 23.3 Å². The van der Waals surface area contributed by atoms with E-state index in [1.165, 1.54) is 66.2 Å². The Balaban J connectivity index is 1.34. The van der Waals surface area contributed by atoms with Crippen LogP contribution in [0, 0.1) is 22.7 Å². The molecule has 0 radical (unpaired) electrons. The van der Waals surface area contributed by atoms with Crippen LogP contribution in [0.15, 0.2) is 84.9 Å². The summed E-state index contributed by atoms with van der Waals surface area (Å²) in [7, 11) is 0. The summed E-state index contributed by atoms with van der Waals surface area (Å²) in [6.45, 7) is 1.92. The van der Waals surface area contributed by atoms with E-state index in [9.17, 15) is 10.5 Å². The van der Waals surface area contributed by atoms with Gasteiger partial charge in [0, 0.05) is 46.6 Å². The first kappa shape index (κ1) is 22.9. The van der Waals surface area contributed by atoms with Gasteiger partial charge < -0.3 is 9.80 Å². The molecule has 6 aromatic rings. The molecule has 2 aliphatic heterocycles. The molecular weight excluding hydrogens is 488 g/mol. The molecule has 0 aromatic heterocycles. The van der Waals surface area contributed by atoms with Crippen LogP contribution in [0.5, 0.6) is 0 Å². The highest BCUT2D eigenvalue weighted by Crippen LogP contribution is 2.46. The number of fused-ring (bicyclic) bond motifs is 2. The van der Waals surface area contributed by atoms with Crippen molar-refractivity contribution in [2.24, 2.45) is 0 Å². The van der Waals surface area contributed by atoms with E-state index in [1.54, 1.807) is 0 Å². The molecule has 0 saturated heterocycles. The van der Waals surface area contributed by atoms with E-state index in [-0.39, 0.29) is 0 Å². The molecule has 40 heavy (non-hydrogen) atoms. The molecule has 4 nitrogen and oxygen atoms in total. The van der Waals surface area contributed by atoms with Crippen molar-refractivity contribution in [2.45, 2.75) is 25.7 Å². The zero-order valence-corrected chi connectivity index (χ0v) is 22.1. The molecule has 0 unspecified atom stereocenters. The van der Waals surface area contributed by atoms with Gasteiger partial charge >= 0.3 is 0 Å². The molecule has 0 spiro atoms. The molecule has 0 atom stereocenters. The van der Waals surface area contributed by atoms with Gasteiger partial charge in [-0.25, -0.2) is 0 Å². The van der Waals surface area contributed by atoms with Crippen LogP contribution in [0.2, 0.25) is 0 Å². The number of nitrogens with zero attached hydrogens (tertiary/aromatic N) is 4. The van der Waals surface area contributed by atoms with Gasteiger partial charge in [0.1, 0.15) is 0 Å². The van der Waals surface area contributed by atoms with Gasteiger partial charge in [-0.05, 0) is 107 Å². The number of anilines is 4. The smallest absolute Gasteiger partial charge is 0.0991 e. The Kier molecular flexibility index (Phi) is 5.00. The number of hydrogen-bond acceptors (Lipinski definition) is 4. The Morgan fingerprint density at radius 2 is 0.925 bits per heavy atom. The van der Waals surface area contributed by atoms with Crippen LogP contribution in [0.4, 0.5) is 22.7 Å². The number of hydrogen-bond donors (Lipinski definition) is 0. The second-order valence-electron chi connectivity index (χ2n) is 11.0. The summed E-state index contributed by atoms with van der Waals surface area (Å²) in [4.78, 5) is 4.89. The lowest BCUT2D eigenvalue weighted by Gasteiger charge is -2.34. The fourth-order valence-electron chi connectivity index (χ4n) is 7.07. The summed E-state index contributed by atoms with van der Waals surface area (Å²) in [6, 6.07) is 35.0. The molecule has 6 aromatic carbocycles. The lowest BCUT2D eigenvalue weighted by atomic mass is 9.90. The average molecular weight is 515 g/mol. The summed E-state index contributed by atoms with van der Waals surface area (Å²) < 4.78 is 0. The van der Waals surface area contributed by atoms with Gasteiger partial charge in [-0.1, -0.05) is 36.4 Å². The normalized spacial score (nSPS) is 14.8. The predicted octanol–water partition coefficient (Wildman–Crippen LogP) is 8.50. The molecule has 0 saturated carbocycles. The monoisotopic (exact) mass is 514 g/mol. The quantitative estimate of drug-likeness (QED) is 0.217. The average Bonchev–Trinajstić information content (AvgIpc) is 3.02. The first-order valence-electron chi connectivity index (χ1n) is 14.1. The fourth-order valence-corrected chi connectivity index (χ4v) is 7.07. The minimum atomic E-state index is 0.728. The van der Waals surface area contributed by atoms with Crippen molar-refractivity contribution in [3.63, 3.8) is 0 Å². The van der Waals surface area contributed by atoms with E-state index >= 15 is 0 Å². The first-order chi connectivity index (χ1) is 19.7. The van der Waals surface area contributed by atoms with E-state index < -0.39 is 0 Å². The van der Waals surface area contributed by atoms with Crippen LogP contribution in [-0.4, -0.2) is 13.1 Å². The molecule has 0 fully saturated rings. The largest absolute Gasteiger partial charge is 0.341 e. The van der Waals surface area contributed by atoms with E-state index in [2.05, 4.69) is 94.7 Å². The topological polar surface area (TPSA) is 54.1 Å². The van der Waals surface area contributed by atoms with Crippen LogP contribution in [0.1, 0.15) is 35.1 Å². The minimum Gasteiger partial charge on any atom is -0.341 e. The van der Waals surface area contributed by atoms with Crippen molar-refractivity contribution in [1.82, 2.24) is 0 Å². The van der Waals surface area contributed by atoms with E-state index in [0.717, 1.165) is 49.9 Å². The Morgan fingerprint density at radius 1 is 0.500 bits per heavy atom. The summed E-state index contributed by atoms with van der Waals surface area (Å²) in [5.74, 6) is 0. The number of nitriles is 2. The second kappa shape index (κ2) is 8.73. The predicted molar refractivity (Wildman–Crippen MR) is 163 cm³/mol. The first-order valence-corrected chi connectivity index (χ1v) is 14.1. The Labute approximate surface area is 233 Å². The van der Waals surface area contributed by atoms with E-state index in [4.69, 9.17) is 0 Å². The molecule has 2 aliphatic rings. The minimum absolute atomic E-state index is 0.728. The molecule has 0 bridgehead atoms. The molecule has 0 amide bonds. The second-order valence-corrected chi connectivity index (χ2v) is 11.0. The molecule has 8 rings (SSSR count). The molecule has 0 aliphatic carbocycles. The maximum absolute atomic E-state index is 9.44. The van der Waals surface area contributed by atoms with Gasteiger partial charge in [-0.15, -0.1) is 0 Å². The van der Waals surface area contributed by atoms with Crippen molar-refractivity contribution in [3.8, 4) is 12.1 Å². The van der Waals surface area contributed by atoms with Gasteiger partial charge in [0.15, 0.2) is 0 Å². The third kappa shape index (κ3) is 3.30. The van der Waals surface area contributed by atoms with Crippen molar-refractivity contribution < 1.29 is 0 Å². The van der Waals surface area contributed by atoms with Crippen molar-refractivity contribution >= 4 is 55.1 Å². The Hall–Kier alpha value is -5.06. The Morgan fingerprint density at radius 3 is 1.38 bits per heavy atom. The summed E-state index contributed by atoms with van der Waals surface area (Å²) in [5, 5.41) is 26.5. The number of benzene rings is 6. The van der Waals surface area contributed by atoms with Crippen LogP contribution in [0.25, 0.3) is 32.3 Å². The lowest BCUT2D eigenvalue weighted by molar-refractivity contribution is 0.768. The fraction of sp³-hybridized carbons (Fsp3) is 0.167. The molecule has 190 valence electrons. The van der Waals surface area contributed by atoms with Crippen molar-refractivity contribution in [1.29, 1.82) is 10.5 Å². The molecule has 0 N–H and O–H groups in total. The maximum atomic E-state index is 9.44. The Bertz CT molecular complexity index is 1910. The van der Waals surface area contributed by atoms with Crippen molar-refractivity contribution in [3.05, 3.63) is 107 Å². The van der Waals surface area contributed by atoms with Gasteiger partial charge in [0.2, 0.25) is 0 Å². The van der Waals surface area contributed by atoms with E-state index in [0.29, 0.717) is 0 Å². The standard InChI is InChI=1S/C36H26N4/c37-21-23-5-13-31-27(19-23)3-1-17-39(31)33-15-9-25-8-12-30-34(16-10-26-7-11-29(33)35(25)36(26)30)40-18-2-4-28-20-24(22-38)6-14-32(28)40/h5-16,19-20H,1-4,17-18H2. The van der Waals surface area contributed by atoms with Crippen LogP contribution in [-0.2, 0) is 12.8 Å². The maximum Gasteiger partial charge on any atom is 0.0991 e. The lowest BCUT2D eigenvalue weighted by Crippen LogP contribution is -2.25. The molecule has 2 heterocycles. The van der Waals surface area contributed by atoms with Gasteiger partial charge in [-0.2, -0.15) is 10.5 Å². The van der Waals surface area contributed by atoms with Crippen LogP contribution < -0.4 is 9.80 Å². The van der Waals surface area contributed by atoms with E-state index in [1.807, 2.05) is 12.1 Å². The zero-order chi connectivity index (χ0) is 26.8. The highest BCUT2D eigenvalue weighted by atomic mass is 15.1. The molecule has 4 heteroatoms.